The third kappa shape index (κ3) is 6.12. The molecule has 2 atom stereocenters. The Morgan fingerprint density at radius 3 is 2.31 bits per heavy atom. The van der Waals surface area contributed by atoms with Crippen molar-refractivity contribution in [3.05, 3.63) is 29.8 Å². The van der Waals surface area contributed by atoms with Gasteiger partial charge in [-0.05, 0) is 44.4 Å². The van der Waals surface area contributed by atoms with E-state index in [0.717, 1.165) is 19.0 Å². The van der Waals surface area contributed by atoms with Crippen LogP contribution in [0.3, 0.4) is 0 Å². The minimum Gasteiger partial charge on any atom is -0.369 e. The second-order valence-electron chi connectivity index (χ2n) is 5.52. The molecule has 1 aliphatic heterocycles. The number of pyridine rings is 1. The number of carbonyl (C=O) groups is 1. The Kier molecular flexibility index (Phi) is 10.9. The second kappa shape index (κ2) is 12.0. The monoisotopic (exact) mass is 363 g/mol. The van der Waals surface area contributed by atoms with Gasteiger partial charge in [-0.3, -0.25) is 14.7 Å². The van der Waals surface area contributed by atoms with Crippen molar-refractivity contribution < 1.29 is 9.18 Å². The summed E-state index contributed by atoms with van der Waals surface area (Å²) in [5, 5.41) is 0. The molecule has 2 aliphatic rings. The molecule has 1 amide bonds. The first-order valence-electron chi connectivity index (χ1n) is 8.73. The molecule has 1 fully saturated rings. The zero-order chi connectivity index (χ0) is 20.3. The number of amides is 1. The molecule has 7 heteroatoms. The first-order chi connectivity index (χ1) is 12.6. The number of aromatic nitrogens is 1. The predicted molar refractivity (Wildman–Crippen MR) is 104 cm³/mol. The average Bonchev–Trinajstić information content (AvgIpc) is 3.48. The predicted octanol–water partition coefficient (Wildman–Crippen LogP) is 2.46. The van der Waals surface area contributed by atoms with Crippen molar-refractivity contribution in [2.24, 2.45) is 22.4 Å². The second-order valence-corrected chi connectivity index (χ2v) is 5.52. The van der Waals surface area contributed by atoms with Gasteiger partial charge in [0, 0.05) is 12.6 Å². The zero-order valence-corrected chi connectivity index (χ0v) is 16.0. The summed E-state index contributed by atoms with van der Waals surface area (Å²) in [6.45, 7) is 5.86. The van der Waals surface area contributed by atoms with Gasteiger partial charge in [0.1, 0.15) is 5.82 Å². The normalized spacial score (nSPS) is 19.4. The quantitative estimate of drug-likeness (QED) is 0.806. The molecule has 1 aromatic rings. The fourth-order valence-electron chi connectivity index (χ4n) is 2.74. The van der Waals surface area contributed by atoms with Crippen molar-refractivity contribution in [3.8, 4) is 12.8 Å². The molecule has 0 bridgehead atoms. The Hall–Kier alpha value is -2.46. The zero-order valence-electron chi connectivity index (χ0n) is 16.0. The number of halogens is 1. The van der Waals surface area contributed by atoms with Crippen molar-refractivity contribution >= 4 is 11.9 Å². The van der Waals surface area contributed by atoms with Gasteiger partial charge in [-0.15, -0.1) is 12.8 Å². The van der Waals surface area contributed by atoms with Gasteiger partial charge >= 0.3 is 0 Å². The van der Waals surface area contributed by atoms with Crippen molar-refractivity contribution in [2.45, 2.75) is 52.1 Å². The van der Waals surface area contributed by atoms with Gasteiger partial charge in [0.05, 0.1) is 18.3 Å². The van der Waals surface area contributed by atoms with E-state index in [1.165, 1.54) is 18.0 Å². The molecule has 2 heterocycles. The molecule has 144 valence electrons. The number of hydrogen-bond acceptors (Lipinski definition) is 5. The van der Waals surface area contributed by atoms with Crippen LogP contribution in [0.4, 0.5) is 4.39 Å². The van der Waals surface area contributed by atoms with Crippen LogP contribution in [0.15, 0.2) is 23.5 Å². The smallest absolute Gasteiger partial charge is 0.232 e. The molecule has 1 aromatic heterocycles. The molecule has 1 aliphatic carbocycles. The first kappa shape index (κ1) is 23.5. The van der Waals surface area contributed by atoms with Crippen LogP contribution in [0.25, 0.3) is 0 Å². The van der Waals surface area contributed by atoms with E-state index in [0.29, 0.717) is 17.9 Å². The van der Waals surface area contributed by atoms with E-state index in [4.69, 9.17) is 5.73 Å². The van der Waals surface area contributed by atoms with Crippen LogP contribution in [0.5, 0.6) is 0 Å². The Morgan fingerprint density at radius 2 is 1.85 bits per heavy atom. The van der Waals surface area contributed by atoms with Gasteiger partial charge in [0.2, 0.25) is 5.91 Å². The number of terminal acetylenes is 1. The Labute approximate surface area is 155 Å². The molecule has 3 rings (SSSR count). The van der Waals surface area contributed by atoms with Crippen LogP contribution < -0.4 is 11.5 Å². The van der Waals surface area contributed by atoms with Gasteiger partial charge in [0.15, 0.2) is 5.96 Å². The lowest BCUT2D eigenvalue weighted by molar-refractivity contribution is -0.130. The van der Waals surface area contributed by atoms with E-state index in [-0.39, 0.29) is 24.0 Å². The van der Waals surface area contributed by atoms with Crippen LogP contribution in [0.2, 0.25) is 0 Å². The summed E-state index contributed by atoms with van der Waals surface area (Å²) in [5.41, 5.74) is 11.1. The molecular formula is C19H30FN5O. The third-order valence-electron chi connectivity index (χ3n) is 3.75. The summed E-state index contributed by atoms with van der Waals surface area (Å²) in [5.74, 6) is 0.0901. The SMILES string of the molecule is C#C.CC.CN.C[C@@H]1CC(=O)N(C(c2cncc(F)c2)C2CC2)C(N)=N1. The van der Waals surface area contributed by atoms with Gasteiger partial charge < -0.3 is 11.5 Å². The highest BCUT2D eigenvalue weighted by atomic mass is 19.1. The number of nitrogens with two attached hydrogens (primary N) is 2. The van der Waals surface area contributed by atoms with Crippen molar-refractivity contribution in [1.29, 1.82) is 0 Å². The molecule has 1 unspecified atom stereocenters. The van der Waals surface area contributed by atoms with Crippen LogP contribution in [0, 0.1) is 24.6 Å². The summed E-state index contributed by atoms with van der Waals surface area (Å²) in [6.07, 6.45) is 13.1. The van der Waals surface area contributed by atoms with E-state index in [9.17, 15) is 9.18 Å². The molecule has 1 saturated carbocycles. The average molecular weight is 363 g/mol. The number of carbonyl (C=O) groups excluding carboxylic acids is 1. The molecule has 0 spiro atoms. The lowest BCUT2D eigenvalue weighted by atomic mass is 10.0. The summed E-state index contributed by atoms with van der Waals surface area (Å²) in [6, 6.07) is 1.08. The van der Waals surface area contributed by atoms with E-state index >= 15 is 0 Å². The van der Waals surface area contributed by atoms with Crippen molar-refractivity contribution in [3.63, 3.8) is 0 Å². The number of hydrogen-bond donors (Lipinski definition) is 2. The summed E-state index contributed by atoms with van der Waals surface area (Å²) >= 11 is 0. The highest BCUT2D eigenvalue weighted by molar-refractivity contribution is 5.99. The third-order valence-corrected chi connectivity index (χ3v) is 3.75. The highest BCUT2D eigenvalue weighted by Gasteiger charge is 2.42. The van der Waals surface area contributed by atoms with Crippen LogP contribution in [-0.2, 0) is 4.79 Å². The topological polar surface area (TPSA) is 97.6 Å². The molecule has 0 radical (unpaired) electrons. The van der Waals surface area contributed by atoms with Gasteiger partial charge in [-0.2, -0.15) is 0 Å². The van der Waals surface area contributed by atoms with Crippen molar-refractivity contribution in [2.75, 3.05) is 7.05 Å². The van der Waals surface area contributed by atoms with E-state index < -0.39 is 5.82 Å². The van der Waals surface area contributed by atoms with E-state index in [1.54, 1.807) is 6.20 Å². The number of rotatable bonds is 3. The van der Waals surface area contributed by atoms with Gasteiger partial charge in [-0.1, -0.05) is 13.8 Å². The lowest BCUT2D eigenvalue weighted by Gasteiger charge is -2.34. The van der Waals surface area contributed by atoms with E-state index in [2.05, 4.69) is 28.6 Å². The number of nitrogens with zero attached hydrogens (tertiary/aromatic N) is 3. The van der Waals surface area contributed by atoms with Crippen LogP contribution >= 0.6 is 0 Å². The summed E-state index contributed by atoms with van der Waals surface area (Å²) < 4.78 is 13.4. The first-order valence-corrected chi connectivity index (χ1v) is 8.73. The molecule has 0 saturated heterocycles. The van der Waals surface area contributed by atoms with Crippen LogP contribution in [-0.4, -0.2) is 34.8 Å². The lowest BCUT2D eigenvalue weighted by Crippen LogP contribution is -2.49. The maximum absolute atomic E-state index is 13.4. The van der Waals surface area contributed by atoms with E-state index in [1.807, 2.05) is 20.8 Å². The van der Waals surface area contributed by atoms with Crippen molar-refractivity contribution in [1.82, 2.24) is 9.88 Å². The minimum atomic E-state index is -0.401. The summed E-state index contributed by atoms with van der Waals surface area (Å²) in [7, 11) is 1.50. The van der Waals surface area contributed by atoms with Gasteiger partial charge in [0.25, 0.3) is 0 Å². The Bertz CT molecular complexity index is 613. The Balaban J connectivity index is 0.000000948. The Morgan fingerprint density at radius 1 is 1.27 bits per heavy atom. The molecule has 4 N–H and O–H groups in total. The fraction of sp³-hybridized carbons (Fsp3) is 0.526. The maximum atomic E-state index is 13.4. The maximum Gasteiger partial charge on any atom is 0.232 e. The largest absolute Gasteiger partial charge is 0.369 e. The molecular weight excluding hydrogens is 333 g/mol. The highest BCUT2D eigenvalue weighted by Crippen LogP contribution is 2.45. The van der Waals surface area contributed by atoms with Crippen LogP contribution in [0.1, 0.15) is 51.6 Å². The molecule has 0 aromatic carbocycles. The number of aliphatic imine (C=N–C) groups is 1. The standard InChI is InChI=1S/C14H17FN4O.C2H6.C2H2.CH5N/c1-8-4-12(20)19(14(16)18-8)13(9-2-3-9)10-5-11(15)7-17-6-10;3*1-2/h5-9,13H,2-4H2,1H3,(H2,16,18);1-2H3;1-2H;2H2,1H3/t8-,13?;;;/m1.../s1. The number of guanidine groups is 1. The molecule has 26 heavy (non-hydrogen) atoms. The molecule has 6 nitrogen and oxygen atoms in total. The fourth-order valence-corrected chi connectivity index (χ4v) is 2.74. The summed E-state index contributed by atoms with van der Waals surface area (Å²) in [4.78, 5) is 22.0. The van der Waals surface area contributed by atoms with Gasteiger partial charge in [-0.25, -0.2) is 9.38 Å². The minimum absolute atomic E-state index is 0.0499.